The first-order chi connectivity index (χ1) is 11.0. The van der Waals surface area contributed by atoms with Gasteiger partial charge in [0.15, 0.2) is 0 Å². The summed E-state index contributed by atoms with van der Waals surface area (Å²) in [6.07, 6.45) is 2.61. The summed E-state index contributed by atoms with van der Waals surface area (Å²) < 4.78 is 0. The summed E-state index contributed by atoms with van der Waals surface area (Å²) in [5.41, 5.74) is 0.568. The standard InChI is InChI=1S/C15H11N3O5/c19-15(16-12-4-2-6-14(10-12)18(22)23)8-7-11-3-1-5-13(9-11)17(20)21/h1-10H,(H,16,19). The van der Waals surface area contributed by atoms with E-state index < -0.39 is 15.8 Å². The first-order valence-corrected chi connectivity index (χ1v) is 6.44. The first-order valence-electron chi connectivity index (χ1n) is 6.44. The SMILES string of the molecule is O=C(C=Cc1cccc([N+](=O)[O-])c1)Nc1cccc([N+](=O)[O-])c1. The first kappa shape index (κ1) is 15.8. The minimum Gasteiger partial charge on any atom is -0.322 e. The lowest BCUT2D eigenvalue weighted by Crippen LogP contribution is -2.07. The third-order valence-corrected chi connectivity index (χ3v) is 2.83. The second kappa shape index (κ2) is 6.94. The summed E-state index contributed by atoms with van der Waals surface area (Å²) in [6, 6.07) is 11.3. The molecule has 1 amide bonds. The molecule has 0 aliphatic heterocycles. The molecule has 2 aromatic carbocycles. The number of nitro benzene ring substituents is 2. The van der Waals surface area contributed by atoms with Crippen LogP contribution in [0.5, 0.6) is 0 Å². The lowest BCUT2D eigenvalue weighted by molar-refractivity contribution is -0.385. The summed E-state index contributed by atoms with van der Waals surface area (Å²) in [6.45, 7) is 0. The van der Waals surface area contributed by atoms with Crippen molar-refractivity contribution in [2.45, 2.75) is 0 Å². The van der Waals surface area contributed by atoms with Crippen LogP contribution in [0.15, 0.2) is 54.6 Å². The van der Waals surface area contributed by atoms with E-state index in [2.05, 4.69) is 5.32 Å². The number of hydrogen-bond acceptors (Lipinski definition) is 5. The predicted octanol–water partition coefficient (Wildman–Crippen LogP) is 3.15. The van der Waals surface area contributed by atoms with Crippen LogP contribution in [0.4, 0.5) is 17.1 Å². The lowest BCUT2D eigenvalue weighted by Gasteiger charge is -2.01. The smallest absolute Gasteiger partial charge is 0.271 e. The highest BCUT2D eigenvalue weighted by Gasteiger charge is 2.07. The fraction of sp³-hybridized carbons (Fsp3) is 0. The van der Waals surface area contributed by atoms with Crippen LogP contribution in [0.1, 0.15) is 5.56 Å². The maximum Gasteiger partial charge on any atom is 0.271 e. The van der Waals surface area contributed by atoms with Crippen LogP contribution in [0.2, 0.25) is 0 Å². The summed E-state index contributed by atoms with van der Waals surface area (Å²) in [4.78, 5) is 32.0. The van der Waals surface area contributed by atoms with Gasteiger partial charge in [-0.1, -0.05) is 18.2 Å². The zero-order chi connectivity index (χ0) is 16.8. The third kappa shape index (κ3) is 4.46. The quantitative estimate of drug-likeness (QED) is 0.517. The number of nitrogens with one attached hydrogen (secondary N) is 1. The molecule has 0 aliphatic carbocycles. The molecule has 0 radical (unpaired) electrons. The molecule has 0 atom stereocenters. The molecule has 0 aromatic heterocycles. The average Bonchev–Trinajstić information content (AvgIpc) is 2.53. The van der Waals surface area contributed by atoms with Gasteiger partial charge >= 0.3 is 0 Å². The molecule has 23 heavy (non-hydrogen) atoms. The Morgan fingerprint density at radius 3 is 2.22 bits per heavy atom. The molecule has 0 fully saturated rings. The molecule has 8 heteroatoms. The Labute approximate surface area is 130 Å². The molecular formula is C15H11N3O5. The second-order valence-corrected chi connectivity index (χ2v) is 4.48. The average molecular weight is 313 g/mol. The van der Waals surface area contributed by atoms with E-state index in [1.807, 2.05) is 0 Å². The molecule has 2 aromatic rings. The number of amides is 1. The fourth-order valence-electron chi connectivity index (χ4n) is 1.80. The zero-order valence-corrected chi connectivity index (χ0v) is 11.7. The van der Waals surface area contributed by atoms with Crippen LogP contribution in [0.25, 0.3) is 6.08 Å². The zero-order valence-electron chi connectivity index (χ0n) is 11.7. The van der Waals surface area contributed by atoms with E-state index in [0.29, 0.717) is 5.56 Å². The Bertz CT molecular complexity index is 801. The highest BCUT2D eigenvalue weighted by Crippen LogP contribution is 2.17. The number of non-ortho nitro benzene ring substituents is 2. The van der Waals surface area contributed by atoms with E-state index in [-0.39, 0.29) is 17.1 Å². The Balaban J connectivity index is 2.07. The van der Waals surface area contributed by atoms with Crippen molar-refractivity contribution in [1.82, 2.24) is 0 Å². The minimum atomic E-state index is -0.561. The number of hydrogen-bond donors (Lipinski definition) is 1. The summed E-state index contributed by atoms with van der Waals surface area (Å²) >= 11 is 0. The predicted molar refractivity (Wildman–Crippen MR) is 83.9 cm³/mol. The van der Waals surface area contributed by atoms with Crippen LogP contribution in [0.3, 0.4) is 0 Å². The number of carbonyl (C=O) groups excluding carboxylic acids is 1. The molecule has 0 unspecified atom stereocenters. The lowest BCUT2D eigenvalue weighted by atomic mass is 10.2. The molecule has 116 valence electrons. The van der Waals surface area contributed by atoms with Crippen molar-refractivity contribution in [2.24, 2.45) is 0 Å². The van der Waals surface area contributed by atoms with Gasteiger partial charge < -0.3 is 5.32 Å². The molecule has 0 saturated heterocycles. The van der Waals surface area contributed by atoms with Crippen molar-refractivity contribution in [3.63, 3.8) is 0 Å². The number of carbonyl (C=O) groups is 1. The monoisotopic (exact) mass is 313 g/mol. The van der Waals surface area contributed by atoms with E-state index in [0.717, 1.165) is 0 Å². The van der Waals surface area contributed by atoms with Crippen molar-refractivity contribution >= 4 is 29.0 Å². The Morgan fingerprint density at radius 2 is 1.57 bits per heavy atom. The van der Waals surface area contributed by atoms with Gasteiger partial charge in [0, 0.05) is 36.0 Å². The normalized spacial score (nSPS) is 10.4. The molecule has 0 saturated carbocycles. The highest BCUT2D eigenvalue weighted by molar-refractivity contribution is 6.02. The Kier molecular flexibility index (Phi) is 4.78. The minimum absolute atomic E-state index is 0.0776. The highest BCUT2D eigenvalue weighted by atomic mass is 16.6. The largest absolute Gasteiger partial charge is 0.322 e. The summed E-state index contributed by atoms with van der Waals surface area (Å²) in [7, 11) is 0. The topological polar surface area (TPSA) is 115 Å². The van der Waals surface area contributed by atoms with E-state index in [1.165, 1.54) is 54.6 Å². The van der Waals surface area contributed by atoms with Gasteiger partial charge in [-0.2, -0.15) is 0 Å². The van der Waals surface area contributed by atoms with Crippen molar-refractivity contribution in [2.75, 3.05) is 5.32 Å². The van der Waals surface area contributed by atoms with E-state index in [9.17, 15) is 25.0 Å². The molecule has 0 spiro atoms. The molecule has 0 bridgehead atoms. The van der Waals surface area contributed by atoms with Gasteiger partial charge in [-0.15, -0.1) is 0 Å². The number of nitrogens with zero attached hydrogens (tertiary/aromatic N) is 2. The maximum absolute atomic E-state index is 11.8. The van der Waals surface area contributed by atoms with Gasteiger partial charge in [-0.25, -0.2) is 0 Å². The molecule has 2 rings (SSSR count). The van der Waals surface area contributed by atoms with Crippen LogP contribution in [-0.4, -0.2) is 15.8 Å². The van der Waals surface area contributed by atoms with Gasteiger partial charge in [0.2, 0.25) is 5.91 Å². The molecule has 0 aliphatic rings. The van der Waals surface area contributed by atoms with Gasteiger partial charge in [0.1, 0.15) is 0 Å². The van der Waals surface area contributed by atoms with Crippen molar-refractivity contribution in [3.8, 4) is 0 Å². The molecule has 0 heterocycles. The van der Waals surface area contributed by atoms with E-state index in [1.54, 1.807) is 6.07 Å². The van der Waals surface area contributed by atoms with E-state index >= 15 is 0 Å². The summed E-state index contributed by atoms with van der Waals surface area (Å²) in [5.74, 6) is -0.503. The number of benzene rings is 2. The van der Waals surface area contributed by atoms with Crippen molar-refractivity contribution < 1.29 is 14.6 Å². The second-order valence-electron chi connectivity index (χ2n) is 4.48. The fourth-order valence-corrected chi connectivity index (χ4v) is 1.80. The maximum atomic E-state index is 11.8. The van der Waals surface area contributed by atoms with Gasteiger partial charge in [-0.3, -0.25) is 25.0 Å². The molecular weight excluding hydrogens is 302 g/mol. The molecule has 8 nitrogen and oxygen atoms in total. The Morgan fingerprint density at radius 1 is 0.957 bits per heavy atom. The van der Waals surface area contributed by atoms with Gasteiger partial charge in [0.05, 0.1) is 9.85 Å². The van der Waals surface area contributed by atoms with Gasteiger partial charge in [-0.05, 0) is 17.7 Å². The third-order valence-electron chi connectivity index (χ3n) is 2.83. The molecule has 1 N–H and O–H groups in total. The number of rotatable bonds is 5. The van der Waals surface area contributed by atoms with Crippen molar-refractivity contribution in [1.29, 1.82) is 0 Å². The van der Waals surface area contributed by atoms with Crippen LogP contribution < -0.4 is 5.32 Å². The van der Waals surface area contributed by atoms with Gasteiger partial charge in [0.25, 0.3) is 11.4 Å². The van der Waals surface area contributed by atoms with Crippen LogP contribution in [0, 0.1) is 20.2 Å². The Hall–Kier alpha value is -3.55. The number of nitro groups is 2. The number of anilines is 1. The van der Waals surface area contributed by atoms with Crippen LogP contribution >= 0.6 is 0 Å². The van der Waals surface area contributed by atoms with E-state index in [4.69, 9.17) is 0 Å². The summed E-state index contributed by atoms with van der Waals surface area (Å²) in [5, 5.41) is 23.8. The van der Waals surface area contributed by atoms with Crippen LogP contribution in [-0.2, 0) is 4.79 Å². The van der Waals surface area contributed by atoms with Crippen molar-refractivity contribution in [3.05, 3.63) is 80.4 Å².